The van der Waals surface area contributed by atoms with Gasteiger partial charge in [-0.3, -0.25) is 0 Å². The Hall–Kier alpha value is -0.540. The summed E-state index contributed by atoms with van der Waals surface area (Å²) in [6.07, 6.45) is 0. The Kier molecular flexibility index (Phi) is 5.61. The average Bonchev–Trinajstić information content (AvgIpc) is 2.57. The van der Waals surface area contributed by atoms with Crippen molar-refractivity contribution in [2.45, 2.75) is 4.90 Å². The molecule has 0 unspecified atom stereocenters. The largest absolute Gasteiger partial charge is 0.368 e. The van der Waals surface area contributed by atoms with E-state index in [0.29, 0.717) is 41.1 Å². The maximum absolute atomic E-state index is 12.7. The molecule has 0 aliphatic carbocycles. The Morgan fingerprint density at radius 1 is 0.917 bits per heavy atom. The van der Waals surface area contributed by atoms with Gasteiger partial charge in [-0.05, 0) is 65.1 Å². The van der Waals surface area contributed by atoms with Crippen LogP contribution in [0.1, 0.15) is 0 Å². The van der Waals surface area contributed by atoms with Crippen molar-refractivity contribution in [2.75, 3.05) is 31.1 Å². The van der Waals surface area contributed by atoms with Gasteiger partial charge in [0.15, 0.2) is 0 Å². The van der Waals surface area contributed by atoms with E-state index in [1.807, 2.05) is 6.07 Å². The molecular formula is C16H15Cl2IN2O2S. The molecule has 3 rings (SSSR count). The zero-order valence-corrected chi connectivity index (χ0v) is 17.1. The molecule has 1 saturated heterocycles. The van der Waals surface area contributed by atoms with Crippen LogP contribution in [-0.4, -0.2) is 38.9 Å². The van der Waals surface area contributed by atoms with E-state index in [1.165, 1.54) is 4.31 Å². The summed E-state index contributed by atoms with van der Waals surface area (Å²) in [5, 5.41) is 1.23. The molecule has 24 heavy (non-hydrogen) atoms. The molecule has 0 spiro atoms. The number of hydrogen-bond donors (Lipinski definition) is 0. The lowest BCUT2D eigenvalue weighted by Gasteiger charge is -2.35. The second kappa shape index (κ2) is 7.37. The van der Waals surface area contributed by atoms with Crippen LogP contribution in [0.25, 0.3) is 0 Å². The normalized spacial score (nSPS) is 16.4. The quantitative estimate of drug-likeness (QED) is 0.600. The summed E-state index contributed by atoms with van der Waals surface area (Å²) in [6, 6.07) is 12.2. The molecule has 0 N–H and O–H groups in total. The molecule has 2 aromatic rings. The van der Waals surface area contributed by atoms with Crippen LogP contribution < -0.4 is 4.90 Å². The third-order valence-electron chi connectivity index (χ3n) is 3.94. The first-order valence-electron chi connectivity index (χ1n) is 7.33. The van der Waals surface area contributed by atoms with Gasteiger partial charge in [0.2, 0.25) is 10.0 Å². The minimum absolute atomic E-state index is 0.331. The van der Waals surface area contributed by atoms with Gasteiger partial charge in [-0.15, -0.1) is 0 Å². The molecular weight excluding hydrogens is 482 g/mol. The lowest BCUT2D eigenvalue weighted by atomic mass is 10.2. The van der Waals surface area contributed by atoms with Crippen molar-refractivity contribution >= 4 is 61.5 Å². The highest BCUT2D eigenvalue weighted by Crippen LogP contribution is 2.30. The Balaban J connectivity index is 1.75. The van der Waals surface area contributed by atoms with Crippen molar-refractivity contribution in [3.8, 4) is 0 Å². The standard InChI is InChI=1S/C16H15Cl2IN2O2S/c17-12-1-6-15(18)16(11-12)20-7-9-21(10-8-20)24(22,23)14-4-2-13(19)3-5-14/h1-6,11H,7-10H2. The summed E-state index contributed by atoms with van der Waals surface area (Å²) in [4.78, 5) is 2.39. The predicted molar refractivity (Wildman–Crippen MR) is 107 cm³/mol. The average molecular weight is 497 g/mol. The SMILES string of the molecule is O=S(=O)(c1ccc(I)cc1)N1CCN(c2cc(Cl)ccc2Cl)CC1. The van der Waals surface area contributed by atoms with E-state index in [2.05, 4.69) is 27.5 Å². The van der Waals surface area contributed by atoms with Gasteiger partial charge < -0.3 is 4.90 Å². The second-order valence-corrected chi connectivity index (χ2v) is 9.47. The van der Waals surface area contributed by atoms with Crippen LogP contribution in [0.3, 0.4) is 0 Å². The van der Waals surface area contributed by atoms with E-state index >= 15 is 0 Å². The number of benzene rings is 2. The molecule has 0 aromatic heterocycles. The van der Waals surface area contributed by atoms with Crippen LogP contribution in [0, 0.1) is 3.57 Å². The van der Waals surface area contributed by atoms with Gasteiger partial charge in [-0.1, -0.05) is 23.2 Å². The highest BCUT2D eigenvalue weighted by atomic mass is 127. The summed E-state index contributed by atoms with van der Waals surface area (Å²) >= 11 is 14.4. The molecule has 0 amide bonds. The summed E-state index contributed by atoms with van der Waals surface area (Å²) < 4.78 is 28.0. The van der Waals surface area contributed by atoms with Gasteiger partial charge in [0.1, 0.15) is 0 Å². The highest BCUT2D eigenvalue weighted by Gasteiger charge is 2.29. The highest BCUT2D eigenvalue weighted by molar-refractivity contribution is 14.1. The van der Waals surface area contributed by atoms with Crippen LogP contribution in [-0.2, 0) is 10.0 Å². The Bertz CT molecular complexity index is 836. The number of anilines is 1. The van der Waals surface area contributed by atoms with Crippen LogP contribution in [0.5, 0.6) is 0 Å². The van der Waals surface area contributed by atoms with Crippen molar-refractivity contribution < 1.29 is 8.42 Å². The first-order valence-corrected chi connectivity index (χ1v) is 10.6. The number of piperazine rings is 1. The lowest BCUT2D eigenvalue weighted by Crippen LogP contribution is -2.48. The first-order chi connectivity index (χ1) is 11.4. The Labute approximate surface area is 165 Å². The number of rotatable bonds is 3. The van der Waals surface area contributed by atoms with Crippen LogP contribution in [0.4, 0.5) is 5.69 Å². The van der Waals surface area contributed by atoms with E-state index in [4.69, 9.17) is 23.2 Å². The van der Waals surface area contributed by atoms with Crippen molar-refractivity contribution in [3.05, 3.63) is 56.1 Å². The van der Waals surface area contributed by atoms with E-state index in [0.717, 1.165) is 9.26 Å². The number of hydrogen-bond acceptors (Lipinski definition) is 3. The molecule has 1 fully saturated rings. The molecule has 0 radical (unpaired) electrons. The van der Waals surface area contributed by atoms with Crippen LogP contribution in [0.2, 0.25) is 10.0 Å². The fourth-order valence-electron chi connectivity index (χ4n) is 2.65. The molecule has 0 bridgehead atoms. The third-order valence-corrected chi connectivity index (χ3v) is 7.13. The lowest BCUT2D eigenvalue weighted by molar-refractivity contribution is 0.385. The van der Waals surface area contributed by atoms with E-state index in [-0.39, 0.29) is 0 Å². The topological polar surface area (TPSA) is 40.6 Å². The molecule has 1 aliphatic rings. The predicted octanol–water partition coefficient (Wildman–Crippen LogP) is 4.11. The van der Waals surface area contributed by atoms with Gasteiger partial charge in [0.25, 0.3) is 0 Å². The van der Waals surface area contributed by atoms with E-state index in [9.17, 15) is 8.42 Å². The number of sulfonamides is 1. The smallest absolute Gasteiger partial charge is 0.243 e. The zero-order valence-electron chi connectivity index (χ0n) is 12.6. The van der Waals surface area contributed by atoms with Gasteiger partial charge in [0, 0.05) is 34.8 Å². The van der Waals surface area contributed by atoms with Gasteiger partial charge >= 0.3 is 0 Å². The summed E-state index contributed by atoms with van der Waals surface area (Å²) in [5.74, 6) is 0. The monoisotopic (exact) mass is 496 g/mol. The molecule has 8 heteroatoms. The molecule has 0 atom stereocenters. The summed E-state index contributed by atoms with van der Waals surface area (Å²) in [7, 11) is -3.46. The van der Waals surface area contributed by atoms with Crippen LogP contribution in [0.15, 0.2) is 47.4 Å². The fourth-order valence-corrected chi connectivity index (χ4v) is 4.84. The van der Waals surface area contributed by atoms with Crippen molar-refractivity contribution in [1.29, 1.82) is 0 Å². The molecule has 4 nitrogen and oxygen atoms in total. The minimum atomic E-state index is -3.46. The van der Waals surface area contributed by atoms with Crippen molar-refractivity contribution in [2.24, 2.45) is 0 Å². The molecule has 2 aromatic carbocycles. The fraction of sp³-hybridized carbons (Fsp3) is 0.250. The maximum Gasteiger partial charge on any atom is 0.243 e. The third kappa shape index (κ3) is 3.83. The van der Waals surface area contributed by atoms with Crippen LogP contribution >= 0.6 is 45.8 Å². The number of halogens is 3. The molecule has 0 saturated carbocycles. The van der Waals surface area contributed by atoms with Crippen molar-refractivity contribution in [1.82, 2.24) is 4.31 Å². The van der Waals surface area contributed by atoms with Gasteiger partial charge in [0.05, 0.1) is 15.6 Å². The second-order valence-electron chi connectivity index (χ2n) is 5.44. The van der Waals surface area contributed by atoms with E-state index < -0.39 is 10.0 Å². The Morgan fingerprint density at radius 3 is 2.17 bits per heavy atom. The minimum Gasteiger partial charge on any atom is -0.368 e. The van der Waals surface area contributed by atoms with E-state index in [1.54, 1.807) is 36.4 Å². The molecule has 1 aliphatic heterocycles. The van der Waals surface area contributed by atoms with Crippen molar-refractivity contribution in [3.63, 3.8) is 0 Å². The van der Waals surface area contributed by atoms with Gasteiger partial charge in [-0.2, -0.15) is 4.31 Å². The summed E-state index contributed by atoms with van der Waals surface area (Å²) in [6.45, 7) is 1.97. The first kappa shape index (κ1) is 18.3. The Morgan fingerprint density at radius 2 is 1.54 bits per heavy atom. The zero-order chi connectivity index (χ0) is 17.3. The number of nitrogens with zero attached hydrogens (tertiary/aromatic N) is 2. The maximum atomic E-state index is 12.7. The molecule has 1 heterocycles. The summed E-state index contributed by atoms with van der Waals surface area (Å²) in [5.41, 5.74) is 0.843. The van der Waals surface area contributed by atoms with Gasteiger partial charge in [-0.25, -0.2) is 8.42 Å². The molecule has 128 valence electrons.